The van der Waals surface area contributed by atoms with Gasteiger partial charge in [0.1, 0.15) is 6.10 Å². The Morgan fingerprint density at radius 1 is 1.17 bits per heavy atom. The molecule has 0 saturated carbocycles. The van der Waals surface area contributed by atoms with Gasteiger partial charge in [0.15, 0.2) is 10.1 Å². The molecule has 0 aromatic rings. The van der Waals surface area contributed by atoms with Crippen molar-refractivity contribution in [2.24, 2.45) is 0 Å². The molecule has 0 fully saturated rings. The zero-order valence-electron chi connectivity index (χ0n) is 4.74. The van der Waals surface area contributed by atoms with Crippen molar-refractivity contribution in [3.63, 3.8) is 0 Å². The Hall–Kier alpha value is 2.48. The Morgan fingerprint density at radius 2 is 1.50 bits per heavy atom. The van der Waals surface area contributed by atoms with Crippen LogP contribution in [0.1, 0.15) is 6.42 Å². The summed E-state index contributed by atoms with van der Waals surface area (Å²) in [6.45, 7) is 0. The van der Waals surface area contributed by atoms with E-state index in [2.05, 4.69) is 24.4 Å². The Morgan fingerprint density at radius 3 is 1.58 bits per heavy atom. The molecule has 0 aromatic heterocycles. The summed E-state index contributed by atoms with van der Waals surface area (Å²) in [7, 11) is 0. The molecule has 67 valence electrons. The standard InChI is InChI=1S/C4H6O3S2.Au.2Na.2H/c5-2(4(7)9)1-3(6)8;;;;;/h2,5H,1H2,(H,6,8)(H,7,9);;;;;. The molecule has 0 bridgehead atoms. The van der Waals surface area contributed by atoms with E-state index in [0.29, 0.717) is 0 Å². The van der Waals surface area contributed by atoms with Crippen molar-refractivity contribution in [2.45, 2.75) is 12.5 Å². The monoisotopic (exact) mass is 411 g/mol. The molecule has 1 unspecified atom stereocenters. The fourth-order valence-electron chi connectivity index (χ4n) is 0.253. The number of thiocarbonyl (C=S) groups is 2. The van der Waals surface area contributed by atoms with Gasteiger partial charge in [-0.1, -0.05) is 0 Å². The van der Waals surface area contributed by atoms with Crippen LogP contribution in [0.3, 0.4) is 0 Å². The van der Waals surface area contributed by atoms with Gasteiger partial charge < -0.3 is 15.3 Å². The molecule has 0 spiro atoms. The second kappa shape index (κ2) is 13.5. The zero-order valence-corrected chi connectivity index (χ0v) is 8.54. The summed E-state index contributed by atoms with van der Waals surface area (Å²) < 4.78 is 0. The van der Waals surface area contributed by atoms with E-state index in [1.54, 1.807) is 0 Å². The number of rotatable bonds is 3. The van der Waals surface area contributed by atoms with Gasteiger partial charge in [-0.15, -0.1) is 0 Å². The fourth-order valence-corrected chi connectivity index (χ4v) is 0.494. The maximum absolute atomic E-state index is 8.66. The van der Waals surface area contributed by atoms with Gasteiger partial charge in [0.05, 0.1) is 0 Å². The van der Waals surface area contributed by atoms with Crippen molar-refractivity contribution in [1.29, 1.82) is 0 Å². The van der Waals surface area contributed by atoms with E-state index in [9.17, 15) is 0 Å². The molecule has 1 radical (unpaired) electrons. The number of aliphatic hydroxyl groups is 3. The van der Waals surface area contributed by atoms with Gasteiger partial charge in [0.25, 0.3) is 0 Å². The summed E-state index contributed by atoms with van der Waals surface area (Å²) in [5.74, 6) is 0. The molecule has 3 nitrogen and oxygen atoms in total. The van der Waals surface area contributed by atoms with Gasteiger partial charge in [0.2, 0.25) is 0 Å². The van der Waals surface area contributed by atoms with E-state index in [-0.39, 0.29) is 93.0 Å². The normalized spacial score (nSPS) is 9.42. The van der Waals surface area contributed by atoms with E-state index in [1.807, 2.05) is 0 Å². The van der Waals surface area contributed by atoms with E-state index < -0.39 is 11.2 Å². The Labute approximate surface area is 141 Å². The number of aliphatic hydroxyl groups excluding tert-OH is 3. The summed E-state index contributed by atoms with van der Waals surface area (Å²) in [5, 5.41) is 24.5. The van der Waals surface area contributed by atoms with E-state index in [1.165, 1.54) is 0 Å². The third-order valence-electron chi connectivity index (χ3n) is 0.653. The van der Waals surface area contributed by atoms with Gasteiger partial charge >= 0.3 is 59.1 Å². The van der Waals surface area contributed by atoms with Crippen LogP contribution in [0, 0.1) is 0 Å². The van der Waals surface area contributed by atoms with Crippen molar-refractivity contribution >= 4 is 93.7 Å². The first-order chi connectivity index (χ1) is 4.04. The fraction of sp³-hybridized carbons (Fsp3) is 0.500. The summed E-state index contributed by atoms with van der Waals surface area (Å²) in [5.41, 5.74) is 0. The third kappa shape index (κ3) is 15.0. The minimum atomic E-state index is -1.21. The molecule has 0 aromatic carbocycles. The Balaban J connectivity index is -0.000000107. The van der Waals surface area contributed by atoms with Gasteiger partial charge in [-0.25, -0.2) is 0 Å². The van der Waals surface area contributed by atoms with Crippen LogP contribution in [0.25, 0.3) is 0 Å². The molecule has 3 N–H and O–H groups in total. The van der Waals surface area contributed by atoms with Gasteiger partial charge in [0, 0.05) is 28.8 Å². The van der Waals surface area contributed by atoms with Crippen LogP contribution in [0.15, 0.2) is 0 Å². The van der Waals surface area contributed by atoms with Crippen LogP contribution in [0.5, 0.6) is 0 Å². The molecule has 0 saturated heterocycles. The molecular formula is C4H8AuNa2O3S2. The topological polar surface area (TPSA) is 60.7 Å². The summed E-state index contributed by atoms with van der Waals surface area (Å²) in [6, 6.07) is 0. The van der Waals surface area contributed by atoms with Crippen LogP contribution < -0.4 is 0 Å². The maximum atomic E-state index is 8.66. The third-order valence-corrected chi connectivity index (χ3v) is 1.09. The van der Waals surface area contributed by atoms with E-state index in [0.717, 1.165) is 0 Å². The van der Waals surface area contributed by atoms with Crippen LogP contribution >= 0.6 is 24.4 Å². The SMILES string of the molecule is OC(=S)CC(O)C(O)=S.[Au].[NaH].[NaH]. The van der Waals surface area contributed by atoms with Gasteiger partial charge in [-0.05, 0) is 24.4 Å². The molecular weight excluding hydrogens is 403 g/mol. The molecule has 0 amide bonds. The molecule has 0 rings (SSSR count). The van der Waals surface area contributed by atoms with Crippen molar-refractivity contribution in [3.05, 3.63) is 0 Å². The molecule has 1 atom stereocenters. The zero-order chi connectivity index (χ0) is 7.44. The van der Waals surface area contributed by atoms with Crippen LogP contribution in [-0.2, 0) is 22.4 Å². The Kier molecular flexibility index (Phi) is 26.9. The first-order valence-electron chi connectivity index (χ1n) is 2.16. The number of hydrogen-bond acceptors (Lipinski definition) is 3. The molecule has 0 heterocycles. The predicted molar refractivity (Wildman–Crippen MR) is 55.4 cm³/mol. The van der Waals surface area contributed by atoms with Crippen molar-refractivity contribution in [3.8, 4) is 0 Å². The second-order valence-corrected chi connectivity index (χ2v) is 2.34. The first-order valence-corrected chi connectivity index (χ1v) is 2.98. The van der Waals surface area contributed by atoms with Gasteiger partial charge in [-0.2, -0.15) is 0 Å². The first kappa shape index (κ1) is 24.0. The molecule has 0 aliphatic carbocycles. The van der Waals surface area contributed by atoms with Crippen molar-refractivity contribution < 1.29 is 37.7 Å². The van der Waals surface area contributed by atoms with Crippen LogP contribution in [-0.4, -0.2) is 90.6 Å². The summed E-state index contributed by atoms with van der Waals surface area (Å²) in [6.07, 6.45) is -1.39. The van der Waals surface area contributed by atoms with E-state index >= 15 is 0 Å². The van der Waals surface area contributed by atoms with Gasteiger partial charge in [-0.3, -0.25) is 0 Å². The quantitative estimate of drug-likeness (QED) is 0.420. The molecule has 0 aliphatic rings. The Bertz CT molecular complexity index is 146. The average Bonchev–Trinajstić information content (AvgIpc) is 1.63. The van der Waals surface area contributed by atoms with Crippen molar-refractivity contribution in [2.75, 3.05) is 0 Å². The molecule has 12 heavy (non-hydrogen) atoms. The minimum absolute atomic E-state index is 0. The average molecular weight is 411 g/mol. The molecule has 8 heteroatoms. The number of hydrogen-bond donors (Lipinski definition) is 3. The van der Waals surface area contributed by atoms with E-state index in [4.69, 9.17) is 15.3 Å². The van der Waals surface area contributed by atoms with Crippen LogP contribution in [0.4, 0.5) is 0 Å². The molecule has 0 aliphatic heterocycles. The second-order valence-electron chi connectivity index (χ2n) is 1.45. The van der Waals surface area contributed by atoms with Crippen LogP contribution in [0.2, 0.25) is 0 Å². The summed E-state index contributed by atoms with van der Waals surface area (Å²) in [4.78, 5) is 0. The van der Waals surface area contributed by atoms with Crippen molar-refractivity contribution in [1.82, 2.24) is 0 Å². The summed E-state index contributed by atoms with van der Waals surface area (Å²) >= 11 is 8.39. The predicted octanol–water partition coefficient (Wildman–Crippen LogP) is -0.791.